The van der Waals surface area contributed by atoms with Crippen LogP contribution in [-0.4, -0.2) is 18.5 Å². The minimum Gasteiger partial charge on any atom is -0.352 e. The van der Waals surface area contributed by atoms with Crippen molar-refractivity contribution in [1.29, 1.82) is 0 Å². The van der Waals surface area contributed by atoms with E-state index in [0.717, 1.165) is 23.0 Å². The molecule has 0 radical (unpaired) electrons. The van der Waals surface area contributed by atoms with E-state index < -0.39 is 0 Å². The van der Waals surface area contributed by atoms with Crippen LogP contribution in [0.2, 0.25) is 0 Å². The zero-order chi connectivity index (χ0) is 15.1. The Morgan fingerprint density at radius 1 is 1.23 bits per heavy atom. The minimum atomic E-state index is 0.100. The summed E-state index contributed by atoms with van der Waals surface area (Å²) in [7, 11) is 0. The third kappa shape index (κ3) is 2.75. The van der Waals surface area contributed by atoms with E-state index >= 15 is 0 Å². The van der Waals surface area contributed by atoms with Crippen LogP contribution < -0.4 is 9.62 Å². The van der Waals surface area contributed by atoms with Crippen LogP contribution in [0, 0.1) is 0 Å². The number of nitrogens with zero attached hydrogens (tertiary/aromatic N) is 1. The van der Waals surface area contributed by atoms with Crippen LogP contribution in [0.25, 0.3) is 11.1 Å². The molecule has 0 saturated heterocycles. The maximum absolute atomic E-state index is 12.2. The highest BCUT2D eigenvalue weighted by atomic mass is 79.9. The van der Waals surface area contributed by atoms with Gasteiger partial charge in [0.1, 0.15) is 6.54 Å². The standard InChI is InChI=1S/C17H15BrN2OS/c18-11-5-8-15-14(9-11)13-3-1-2-4-16(13)22-20(15)10-17(21)19-12-6-7-12/h1-5,8-9,12H,6-7,10H2,(H,19,21). The van der Waals surface area contributed by atoms with E-state index in [9.17, 15) is 4.79 Å². The molecule has 1 fully saturated rings. The lowest BCUT2D eigenvalue weighted by Crippen LogP contribution is -2.35. The van der Waals surface area contributed by atoms with Crippen LogP contribution in [0.4, 0.5) is 5.69 Å². The van der Waals surface area contributed by atoms with Crippen molar-refractivity contribution in [2.24, 2.45) is 0 Å². The number of rotatable bonds is 3. The summed E-state index contributed by atoms with van der Waals surface area (Å²) in [5.74, 6) is 0.100. The predicted octanol–water partition coefficient (Wildman–Crippen LogP) is 4.22. The lowest BCUT2D eigenvalue weighted by molar-refractivity contribution is -0.119. The molecule has 0 unspecified atom stereocenters. The summed E-state index contributed by atoms with van der Waals surface area (Å²) < 4.78 is 3.14. The van der Waals surface area contributed by atoms with Gasteiger partial charge in [0.25, 0.3) is 0 Å². The lowest BCUT2D eigenvalue weighted by atomic mass is 10.0. The Labute approximate surface area is 142 Å². The van der Waals surface area contributed by atoms with E-state index in [-0.39, 0.29) is 5.91 Å². The fraction of sp³-hybridized carbons (Fsp3) is 0.235. The normalized spacial score (nSPS) is 16.0. The number of halogens is 1. The zero-order valence-electron chi connectivity index (χ0n) is 11.9. The molecule has 3 nitrogen and oxygen atoms in total. The van der Waals surface area contributed by atoms with Gasteiger partial charge in [0, 0.05) is 21.0 Å². The minimum absolute atomic E-state index is 0.100. The highest BCUT2D eigenvalue weighted by Gasteiger charge is 2.27. The summed E-state index contributed by atoms with van der Waals surface area (Å²) in [6.45, 7) is 0.379. The number of carbonyl (C=O) groups excluding carboxylic acids is 1. The van der Waals surface area contributed by atoms with Gasteiger partial charge in [-0.15, -0.1) is 0 Å². The van der Waals surface area contributed by atoms with Crippen LogP contribution in [0.15, 0.2) is 51.8 Å². The average molecular weight is 375 g/mol. The molecule has 0 atom stereocenters. The van der Waals surface area contributed by atoms with Gasteiger partial charge >= 0.3 is 0 Å². The molecule has 112 valence electrons. The Kier molecular flexibility index (Phi) is 3.62. The van der Waals surface area contributed by atoms with Crippen molar-refractivity contribution in [2.75, 3.05) is 10.8 Å². The highest BCUT2D eigenvalue weighted by Crippen LogP contribution is 2.46. The monoisotopic (exact) mass is 374 g/mol. The van der Waals surface area contributed by atoms with E-state index in [1.54, 1.807) is 11.9 Å². The van der Waals surface area contributed by atoms with Gasteiger partial charge in [0.15, 0.2) is 0 Å². The van der Waals surface area contributed by atoms with Crippen molar-refractivity contribution in [3.05, 3.63) is 46.9 Å². The van der Waals surface area contributed by atoms with Crippen LogP contribution >= 0.6 is 27.9 Å². The van der Waals surface area contributed by atoms with Crippen LogP contribution in [0.3, 0.4) is 0 Å². The molecule has 1 aliphatic heterocycles. The van der Waals surface area contributed by atoms with Gasteiger partial charge in [0.05, 0.1) is 5.69 Å². The maximum Gasteiger partial charge on any atom is 0.240 e. The summed E-state index contributed by atoms with van der Waals surface area (Å²) in [6, 6.07) is 15.0. The molecular weight excluding hydrogens is 360 g/mol. The first-order valence-corrected chi connectivity index (χ1v) is 8.91. The molecule has 1 aliphatic carbocycles. The quantitative estimate of drug-likeness (QED) is 0.816. The van der Waals surface area contributed by atoms with Gasteiger partial charge in [0.2, 0.25) is 5.91 Å². The Balaban J connectivity index is 1.68. The molecule has 2 aromatic rings. The molecule has 22 heavy (non-hydrogen) atoms. The lowest BCUT2D eigenvalue weighted by Gasteiger charge is -2.31. The van der Waals surface area contributed by atoms with Gasteiger partial charge in [-0.2, -0.15) is 0 Å². The number of hydrogen-bond acceptors (Lipinski definition) is 3. The predicted molar refractivity (Wildman–Crippen MR) is 93.9 cm³/mol. The van der Waals surface area contributed by atoms with Crippen molar-refractivity contribution >= 4 is 39.5 Å². The van der Waals surface area contributed by atoms with Crippen molar-refractivity contribution in [2.45, 2.75) is 23.8 Å². The third-order valence-corrected chi connectivity index (χ3v) is 5.43. The number of nitrogens with one attached hydrogen (secondary N) is 1. The first kappa shape index (κ1) is 14.2. The largest absolute Gasteiger partial charge is 0.352 e. The van der Waals surface area contributed by atoms with Crippen LogP contribution in [0.5, 0.6) is 0 Å². The van der Waals surface area contributed by atoms with Gasteiger partial charge in [-0.3, -0.25) is 4.79 Å². The van der Waals surface area contributed by atoms with E-state index in [0.29, 0.717) is 12.6 Å². The number of fused-ring (bicyclic) bond motifs is 3. The number of anilines is 1. The Bertz CT molecular complexity index is 745. The second-order valence-electron chi connectivity index (χ2n) is 5.63. The Hall–Kier alpha value is -1.46. The molecule has 5 heteroatoms. The summed E-state index contributed by atoms with van der Waals surface area (Å²) in [5.41, 5.74) is 3.49. The van der Waals surface area contributed by atoms with Gasteiger partial charge in [-0.1, -0.05) is 34.1 Å². The smallest absolute Gasteiger partial charge is 0.240 e. The fourth-order valence-electron chi connectivity index (χ4n) is 2.63. The molecule has 1 saturated carbocycles. The second kappa shape index (κ2) is 5.63. The second-order valence-corrected chi connectivity index (χ2v) is 7.61. The first-order chi connectivity index (χ1) is 10.7. The molecule has 0 aromatic heterocycles. The third-order valence-electron chi connectivity index (χ3n) is 3.84. The molecule has 2 aliphatic rings. The Morgan fingerprint density at radius 2 is 2.05 bits per heavy atom. The van der Waals surface area contributed by atoms with Crippen LogP contribution in [0.1, 0.15) is 12.8 Å². The van der Waals surface area contributed by atoms with Crippen LogP contribution in [-0.2, 0) is 4.79 Å². The van der Waals surface area contributed by atoms with Crippen molar-refractivity contribution in [1.82, 2.24) is 5.32 Å². The summed E-state index contributed by atoms with van der Waals surface area (Å²) in [6.07, 6.45) is 2.23. The number of carbonyl (C=O) groups is 1. The van der Waals surface area contributed by atoms with Crippen molar-refractivity contribution in [3.63, 3.8) is 0 Å². The van der Waals surface area contributed by atoms with Crippen molar-refractivity contribution in [3.8, 4) is 11.1 Å². The fourth-order valence-corrected chi connectivity index (χ4v) is 4.08. The molecule has 1 heterocycles. The van der Waals surface area contributed by atoms with E-state index in [1.165, 1.54) is 16.0 Å². The first-order valence-electron chi connectivity index (χ1n) is 7.34. The average Bonchev–Trinajstić information content (AvgIpc) is 3.31. The summed E-state index contributed by atoms with van der Waals surface area (Å²) in [4.78, 5) is 13.4. The molecule has 0 bridgehead atoms. The molecule has 2 aromatic carbocycles. The topological polar surface area (TPSA) is 32.3 Å². The van der Waals surface area contributed by atoms with E-state index in [2.05, 4.69) is 55.9 Å². The van der Waals surface area contributed by atoms with E-state index in [1.807, 2.05) is 12.1 Å². The van der Waals surface area contributed by atoms with E-state index in [4.69, 9.17) is 0 Å². The summed E-state index contributed by atoms with van der Waals surface area (Å²) >= 11 is 5.19. The maximum atomic E-state index is 12.2. The van der Waals surface area contributed by atoms with Gasteiger partial charge in [-0.25, -0.2) is 0 Å². The molecule has 1 N–H and O–H groups in total. The molecule has 4 rings (SSSR count). The van der Waals surface area contributed by atoms with Gasteiger partial charge in [-0.05, 0) is 54.6 Å². The molecule has 0 spiro atoms. The molecule has 1 amide bonds. The number of benzene rings is 2. The SMILES string of the molecule is O=C(CN1Sc2ccccc2-c2cc(Br)ccc21)NC1CC1. The number of hydrogen-bond donors (Lipinski definition) is 1. The van der Waals surface area contributed by atoms with Crippen molar-refractivity contribution < 1.29 is 4.79 Å². The Morgan fingerprint density at radius 3 is 2.86 bits per heavy atom. The number of amides is 1. The zero-order valence-corrected chi connectivity index (χ0v) is 14.3. The molecular formula is C17H15BrN2OS. The highest BCUT2D eigenvalue weighted by molar-refractivity contribution is 9.10. The van der Waals surface area contributed by atoms with Gasteiger partial charge < -0.3 is 9.62 Å². The summed E-state index contributed by atoms with van der Waals surface area (Å²) in [5, 5.41) is 3.06.